The van der Waals surface area contributed by atoms with Crippen molar-refractivity contribution in [3.8, 4) is 0 Å². The molecular weight excluding hydrogens is 270 g/mol. The number of benzene rings is 2. The van der Waals surface area contributed by atoms with Crippen LogP contribution in [0, 0.1) is 13.8 Å². The fraction of sp³-hybridized carbons (Fsp3) is 0.235. The Morgan fingerprint density at radius 1 is 1.10 bits per heavy atom. The van der Waals surface area contributed by atoms with Crippen molar-refractivity contribution < 1.29 is 4.79 Å². The van der Waals surface area contributed by atoms with E-state index in [1.54, 1.807) is 0 Å². The van der Waals surface area contributed by atoms with Crippen molar-refractivity contribution in [2.24, 2.45) is 0 Å². The van der Waals surface area contributed by atoms with E-state index in [-0.39, 0.29) is 5.91 Å². The molecular formula is C17H18ClNO. The van der Waals surface area contributed by atoms with Gasteiger partial charge in [0.15, 0.2) is 0 Å². The third kappa shape index (κ3) is 4.10. The second kappa shape index (κ2) is 6.58. The zero-order chi connectivity index (χ0) is 14.5. The fourth-order valence-electron chi connectivity index (χ4n) is 2.03. The maximum Gasteiger partial charge on any atom is 0.224 e. The van der Waals surface area contributed by atoms with Gasteiger partial charge in [-0.3, -0.25) is 4.79 Å². The summed E-state index contributed by atoms with van der Waals surface area (Å²) in [7, 11) is 0. The smallest absolute Gasteiger partial charge is 0.224 e. The Balaban J connectivity index is 1.92. The van der Waals surface area contributed by atoms with Crippen LogP contribution in [0.15, 0.2) is 42.5 Å². The summed E-state index contributed by atoms with van der Waals surface area (Å²) >= 11 is 5.83. The maximum absolute atomic E-state index is 12.0. The molecule has 0 saturated carbocycles. The molecule has 2 aromatic carbocycles. The molecule has 1 N–H and O–H groups in total. The molecule has 0 unspecified atom stereocenters. The van der Waals surface area contributed by atoms with Crippen molar-refractivity contribution in [1.82, 2.24) is 5.32 Å². The molecule has 1 amide bonds. The predicted octanol–water partition coefficient (Wildman–Crippen LogP) is 3.82. The van der Waals surface area contributed by atoms with Gasteiger partial charge in [0, 0.05) is 11.6 Å². The minimum absolute atomic E-state index is 0.0358. The summed E-state index contributed by atoms with van der Waals surface area (Å²) in [6.07, 6.45) is 0.418. The Labute approximate surface area is 124 Å². The molecule has 0 fully saturated rings. The Hall–Kier alpha value is -1.80. The summed E-state index contributed by atoms with van der Waals surface area (Å²) in [5.41, 5.74) is 4.45. The lowest BCUT2D eigenvalue weighted by Crippen LogP contribution is -2.24. The molecule has 2 rings (SSSR count). The van der Waals surface area contributed by atoms with Crippen molar-refractivity contribution in [2.75, 3.05) is 0 Å². The van der Waals surface area contributed by atoms with Gasteiger partial charge in [-0.25, -0.2) is 0 Å². The topological polar surface area (TPSA) is 29.1 Å². The van der Waals surface area contributed by atoms with Gasteiger partial charge in [-0.05, 0) is 42.7 Å². The molecule has 0 saturated heterocycles. The monoisotopic (exact) mass is 287 g/mol. The first-order chi connectivity index (χ1) is 9.54. The number of carbonyl (C=O) groups is 1. The van der Waals surface area contributed by atoms with Crippen molar-refractivity contribution in [2.45, 2.75) is 26.8 Å². The normalized spacial score (nSPS) is 10.3. The first kappa shape index (κ1) is 14.6. The molecule has 20 heavy (non-hydrogen) atoms. The molecule has 0 bridgehead atoms. The van der Waals surface area contributed by atoms with E-state index in [2.05, 4.69) is 23.5 Å². The van der Waals surface area contributed by atoms with Crippen LogP contribution in [0.4, 0.5) is 0 Å². The van der Waals surface area contributed by atoms with E-state index >= 15 is 0 Å². The zero-order valence-corrected chi connectivity index (χ0v) is 12.5. The number of amides is 1. The van der Waals surface area contributed by atoms with Crippen LogP contribution in [0.1, 0.15) is 22.3 Å². The number of hydrogen-bond acceptors (Lipinski definition) is 1. The molecule has 0 aliphatic heterocycles. The number of aryl methyl sites for hydroxylation is 2. The highest BCUT2D eigenvalue weighted by Crippen LogP contribution is 2.12. The molecule has 0 aliphatic carbocycles. The van der Waals surface area contributed by atoms with E-state index in [0.29, 0.717) is 18.0 Å². The van der Waals surface area contributed by atoms with Gasteiger partial charge in [0.25, 0.3) is 0 Å². The van der Waals surface area contributed by atoms with Crippen LogP contribution >= 0.6 is 11.6 Å². The van der Waals surface area contributed by atoms with E-state index in [1.807, 2.05) is 38.1 Å². The van der Waals surface area contributed by atoms with E-state index in [0.717, 1.165) is 16.7 Å². The number of halogens is 1. The largest absolute Gasteiger partial charge is 0.352 e. The van der Waals surface area contributed by atoms with Gasteiger partial charge in [0.05, 0.1) is 6.42 Å². The first-order valence-corrected chi connectivity index (χ1v) is 6.99. The van der Waals surface area contributed by atoms with Gasteiger partial charge in [-0.15, -0.1) is 0 Å². The Morgan fingerprint density at radius 3 is 2.50 bits per heavy atom. The quantitative estimate of drug-likeness (QED) is 0.910. The Morgan fingerprint density at radius 2 is 1.80 bits per heavy atom. The average Bonchev–Trinajstić information content (AvgIpc) is 2.42. The lowest BCUT2D eigenvalue weighted by atomic mass is 10.0. The molecule has 0 aliphatic rings. The van der Waals surface area contributed by atoms with Crippen LogP contribution in [0.2, 0.25) is 5.02 Å². The van der Waals surface area contributed by atoms with Crippen LogP contribution in [0.25, 0.3) is 0 Å². The van der Waals surface area contributed by atoms with Crippen LogP contribution in [-0.2, 0) is 17.8 Å². The van der Waals surface area contributed by atoms with E-state index in [1.165, 1.54) is 5.56 Å². The Kier molecular flexibility index (Phi) is 4.80. The molecule has 0 spiro atoms. The van der Waals surface area contributed by atoms with Gasteiger partial charge < -0.3 is 5.32 Å². The molecule has 104 valence electrons. The van der Waals surface area contributed by atoms with Crippen molar-refractivity contribution >= 4 is 17.5 Å². The lowest BCUT2D eigenvalue weighted by molar-refractivity contribution is -0.120. The van der Waals surface area contributed by atoms with Gasteiger partial charge >= 0.3 is 0 Å². The second-order valence-electron chi connectivity index (χ2n) is 5.01. The minimum Gasteiger partial charge on any atom is -0.352 e. The highest BCUT2D eigenvalue weighted by molar-refractivity contribution is 6.30. The van der Waals surface area contributed by atoms with E-state index in [4.69, 9.17) is 11.6 Å². The third-order valence-corrected chi connectivity index (χ3v) is 3.51. The number of rotatable bonds is 4. The second-order valence-corrected chi connectivity index (χ2v) is 5.45. The predicted molar refractivity (Wildman–Crippen MR) is 82.9 cm³/mol. The van der Waals surface area contributed by atoms with E-state index in [9.17, 15) is 4.79 Å². The summed E-state index contributed by atoms with van der Waals surface area (Å²) < 4.78 is 0. The fourth-order valence-corrected chi connectivity index (χ4v) is 2.16. The number of carbonyl (C=O) groups excluding carboxylic acids is 1. The Bertz CT molecular complexity index is 605. The summed E-state index contributed by atoms with van der Waals surface area (Å²) in [4.78, 5) is 12.0. The standard InChI is InChI=1S/C17H18ClNO/c1-12-3-4-13(2)15(9-12)10-17(20)19-11-14-5-7-16(18)8-6-14/h3-9H,10-11H2,1-2H3,(H,19,20). The van der Waals surface area contributed by atoms with Gasteiger partial charge in [-0.2, -0.15) is 0 Å². The lowest BCUT2D eigenvalue weighted by Gasteiger charge is -2.08. The van der Waals surface area contributed by atoms with Gasteiger partial charge in [-0.1, -0.05) is 47.5 Å². The van der Waals surface area contributed by atoms with Crippen molar-refractivity contribution in [3.05, 3.63) is 69.7 Å². The first-order valence-electron chi connectivity index (χ1n) is 6.62. The summed E-state index contributed by atoms with van der Waals surface area (Å²) in [5.74, 6) is 0.0358. The number of nitrogens with one attached hydrogen (secondary N) is 1. The minimum atomic E-state index is 0.0358. The summed E-state index contributed by atoms with van der Waals surface area (Å²) in [5, 5.41) is 3.64. The number of hydrogen-bond donors (Lipinski definition) is 1. The van der Waals surface area contributed by atoms with Crippen molar-refractivity contribution in [1.29, 1.82) is 0 Å². The highest BCUT2D eigenvalue weighted by Gasteiger charge is 2.06. The van der Waals surface area contributed by atoms with Gasteiger partial charge in [0.2, 0.25) is 5.91 Å². The molecule has 0 heterocycles. The third-order valence-electron chi connectivity index (χ3n) is 3.26. The molecule has 3 heteroatoms. The zero-order valence-electron chi connectivity index (χ0n) is 11.7. The van der Waals surface area contributed by atoms with Crippen molar-refractivity contribution in [3.63, 3.8) is 0 Å². The van der Waals surface area contributed by atoms with Gasteiger partial charge in [0.1, 0.15) is 0 Å². The average molecular weight is 288 g/mol. The van der Waals surface area contributed by atoms with Crippen LogP contribution < -0.4 is 5.32 Å². The van der Waals surface area contributed by atoms with E-state index < -0.39 is 0 Å². The molecule has 2 aromatic rings. The maximum atomic E-state index is 12.0. The van der Waals surface area contributed by atoms with Crippen LogP contribution in [0.3, 0.4) is 0 Å². The van der Waals surface area contributed by atoms with Crippen LogP contribution in [-0.4, -0.2) is 5.91 Å². The SMILES string of the molecule is Cc1ccc(C)c(CC(=O)NCc2ccc(Cl)cc2)c1. The molecule has 0 atom stereocenters. The highest BCUT2D eigenvalue weighted by atomic mass is 35.5. The molecule has 0 aromatic heterocycles. The summed E-state index contributed by atoms with van der Waals surface area (Å²) in [6.45, 7) is 4.59. The van der Waals surface area contributed by atoms with Crippen LogP contribution in [0.5, 0.6) is 0 Å². The molecule has 2 nitrogen and oxygen atoms in total. The molecule has 0 radical (unpaired) electrons. The summed E-state index contributed by atoms with van der Waals surface area (Å²) in [6, 6.07) is 13.7.